The van der Waals surface area contributed by atoms with Gasteiger partial charge < -0.3 is 10.6 Å². The largest absolute Gasteiger partial charge is 0.338 e. The maximum atomic E-state index is 12.9. The lowest BCUT2D eigenvalue weighted by molar-refractivity contribution is 0.0782. The smallest absolute Gasteiger partial charge is 0.242 e. The van der Waals surface area contributed by atoms with Gasteiger partial charge in [0.05, 0.1) is 6.20 Å². The third-order valence-electron chi connectivity index (χ3n) is 8.87. The normalized spacial score (nSPS) is 23.0. The minimum absolute atomic E-state index is 0.249. The number of nitrogens with one attached hydrogen (secondary N) is 2. The molecule has 2 aromatic carbocycles. The summed E-state index contributed by atoms with van der Waals surface area (Å²) in [6, 6.07) is 14.3. The van der Waals surface area contributed by atoms with Gasteiger partial charge in [-0.2, -0.15) is 4.98 Å². The van der Waals surface area contributed by atoms with Crippen LogP contribution in [0.25, 0.3) is 0 Å². The van der Waals surface area contributed by atoms with Crippen LogP contribution in [0.5, 0.6) is 0 Å². The molecule has 1 aromatic heterocycles. The quantitative estimate of drug-likeness (QED) is 0.211. The summed E-state index contributed by atoms with van der Waals surface area (Å²) in [5.41, 5.74) is 5.28. The van der Waals surface area contributed by atoms with E-state index in [1.807, 2.05) is 18.8 Å². The van der Waals surface area contributed by atoms with E-state index in [1.54, 1.807) is 12.3 Å². The molecule has 4 atom stereocenters. The molecule has 0 radical (unpaired) electrons. The lowest BCUT2D eigenvalue weighted by atomic mass is 9.96. The summed E-state index contributed by atoms with van der Waals surface area (Å²) in [5.74, 6) is 0.937. The molecule has 0 saturated carbocycles. The van der Waals surface area contributed by atoms with Gasteiger partial charge in [-0.1, -0.05) is 38.7 Å². The average Bonchev–Trinajstić information content (AvgIpc) is 3.09. The molecule has 2 N–H and O–H groups in total. The second kappa shape index (κ2) is 12.3. The number of benzene rings is 2. The second-order valence-electron chi connectivity index (χ2n) is 11.3. The molecule has 40 heavy (non-hydrogen) atoms. The van der Waals surface area contributed by atoms with Crippen LogP contribution < -0.4 is 15.9 Å². The molecule has 1 aliphatic carbocycles. The van der Waals surface area contributed by atoms with Gasteiger partial charge in [-0.25, -0.2) is 13.8 Å². The van der Waals surface area contributed by atoms with Crippen LogP contribution in [0.15, 0.2) is 42.6 Å². The van der Waals surface area contributed by atoms with Gasteiger partial charge in [-0.05, 0) is 104 Å². The minimum atomic E-state index is -2.36. The zero-order chi connectivity index (χ0) is 27.6. The summed E-state index contributed by atoms with van der Waals surface area (Å²) in [6.07, 6.45) is 10.7. The maximum absolute atomic E-state index is 12.9. The number of nitrogens with zero attached hydrogens (tertiary/aromatic N) is 3. The van der Waals surface area contributed by atoms with Crippen molar-refractivity contribution in [2.75, 3.05) is 17.3 Å². The van der Waals surface area contributed by atoms with E-state index in [2.05, 4.69) is 43.7 Å². The Morgan fingerprint density at radius 1 is 0.950 bits per heavy atom. The van der Waals surface area contributed by atoms with Crippen LogP contribution >= 0.6 is 20.2 Å². The van der Waals surface area contributed by atoms with Crippen molar-refractivity contribution in [3.05, 3.63) is 64.3 Å². The minimum Gasteiger partial charge on any atom is -0.338 e. The van der Waals surface area contributed by atoms with E-state index in [4.69, 9.17) is 11.6 Å². The van der Waals surface area contributed by atoms with E-state index in [0.29, 0.717) is 37.0 Å². The molecular formula is C31H37ClF2N5P. The van der Waals surface area contributed by atoms with Crippen LogP contribution in [0.3, 0.4) is 0 Å². The summed E-state index contributed by atoms with van der Waals surface area (Å²) >= 11 is 6.44. The second-order valence-corrected chi connectivity index (χ2v) is 12.8. The third-order valence-corrected chi connectivity index (χ3v) is 10.1. The predicted molar refractivity (Wildman–Crippen MR) is 163 cm³/mol. The highest BCUT2D eigenvalue weighted by Gasteiger charge is 2.40. The van der Waals surface area contributed by atoms with Crippen molar-refractivity contribution >= 4 is 48.6 Å². The van der Waals surface area contributed by atoms with Crippen LogP contribution in [0.2, 0.25) is 5.02 Å². The summed E-state index contributed by atoms with van der Waals surface area (Å²) in [6.45, 7) is 2.03. The Bertz CT molecular complexity index is 1340. The van der Waals surface area contributed by atoms with Crippen LogP contribution in [-0.2, 0) is 19.3 Å². The number of aromatic nitrogens is 2. The molecule has 5 nitrogen and oxygen atoms in total. The van der Waals surface area contributed by atoms with Gasteiger partial charge in [0.2, 0.25) is 12.4 Å². The van der Waals surface area contributed by atoms with Gasteiger partial charge in [0.25, 0.3) is 0 Å². The number of hydrogen-bond donors (Lipinski definition) is 2. The average molecular weight is 584 g/mol. The van der Waals surface area contributed by atoms with E-state index in [-0.39, 0.29) is 6.42 Å². The summed E-state index contributed by atoms with van der Waals surface area (Å²) in [4.78, 5) is 12.0. The van der Waals surface area contributed by atoms with E-state index in [9.17, 15) is 8.78 Å². The van der Waals surface area contributed by atoms with Crippen molar-refractivity contribution in [1.29, 1.82) is 0 Å². The van der Waals surface area contributed by atoms with Gasteiger partial charge in [-0.15, -0.1) is 0 Å². The maximum Gasteiger partial charge on any atom is 0.242 e. The molecular weight excluding hydrogens is 547 g/mol. The standard InChI is InChI=1S/C31H37ClF2N5P/c1-40-28-15-19(16-29(33)34)5-14-27(28)37-30-26(32)18-35-31(38-30)36-22-9-6-20-7-10-25(11-8-21(20)17-22)39-23-3-2-4-24(39)13-12-23/h5-6,9,14-15,17-18,23-25,29,40H,2-4,7-8,10-13,16H2,1H3,(H2,35,36,37,38). The van der Waals surface area contributed by atoms with E-state index < -0.39 is 6.43 Å². The number of rotatable bonds is 8. The highest BCUT2D eigenvalue weighted by Crippen LogP contribution is 2.40. The van der Waals surface area contributed by atoms with E-state index in [0.717, 1.165) is 41.6 Å². The SMILES string of the molecule is CPc1cc(CC(F)F)ccc1Nc1nc(Nc2ccc3c(c2)CCC(N2C4CCCC2CC4)CC3)ncc1Cl. The molecule has 2 saturated heterocycles. The van der Waals surface area contributed by atoms with Gasteiger partial charge in [-0.3, -0.25) is 4.90 Å². The zero-order valence-electron chi connectivity index (χ0n) is 22.9. The first-order valence-corrected chi connectivity index (χ1v) is 16.4. The summed E-state index contributed by atoms with van der Waals surface area (Å²) in [5, 5.41) is 8.03. The van der Waals surface area contributed by atoms with Crippen LogP contribution in [0.1, 0.15) is 61.6 Å². The molecule has 9 heteroatoms. The van der Waals surface area contributed by atoms with Gasteiger partial charge in [0.1, 0.15) is 5.02 Å². The van der Waals surface area contributed by atoms with Crippen molar-refractivity contribution < 1.29 is 8.78 Å². The van der Waals surface area contributed by atoms with Crippen LogP contribution in [0, 0.1) is 0 Å². The Morgan fingerprint density at radius 2 is 1.70 bits per heavy atom. The number of alkyl halides is 2. The molecule has 212 valence electrons. The number of piperidine rings is 1. The fourth-order valence-electron chi connectivity index (χ4n) is 7.00. The van der Waals surface area contributed by atoms with Crippen LogP contribution in [0.4, 0.5) is 31.9 Å². The number of hydrogen-bond acceptors (Lipinski definition) is 5. The fraction of sp³-hybridized carbons (Fsp3) is 0.484. The third kappa shape index (κ3) is 6.12. The fourth-order valence-corrected chi connectivity index (χ4v) is 7.89. The highest BCUT2D eigenvalue weighted by atomic mass is 35.5. The lowest BCUT2D eigenvalue weighted by Gasteiger charge is -2.40. The summed E-state index contributed by atoms with van der Waals surface area (Å²) in [7, 11) is 0.434. The molecule has 6 rings (SSSR count). The molecule has 2 aliphatic heterocycles. The van der Waals surface area contributed by atoms with Crippen molar-refractivity contribution in [2.45, 2.75) is 88.8 Å². The molecule has 4 unspecified atom stereocenters. The Morgan fingerprint density at radius 3 is 2.45 bits per heavy atom. The summed E-state index contributed by atoms with van der Waals surface area (Å²) < 4.78 is 25.7. The van der Waals surface area contributed by atoms with Crippen LogP contribution in [-0.4, -0.2) is 46.1 Å². The molecule has 2 bridgehead atoms. The first-order chi connectivity index (χ1) is 19.5. The number of halogens is 3. The molecule has 0 spiro atoms. The molecule has 2 fully saturated rings. The van der Waals surface area contributed by atoms with Crippen molar-refractivity contribution in [3.63, 3.8) is 0 Å². The Balaban J connectivity index is 1.15. The molecule has 3 heterocycles. The molecule has 0 amide bonds. The van der Waals surface area contributed by atoms with Crippen molar-refractivity contribution in [2.24, 2.45) is 0 Å². The molecule has 3 aromatic rings. The van der Waals surface area contributed by atoms with Gasteiger partial charge >= 0.3 is 0 Å². The first-order valence-electron chi connectivity index (χ1n) is 14.5. The Kier molecular flexibility index (Phi) is 8.53. The monoisotopic (exact) mass is 583 g/mol. The van der Waals surface area contributed by atoms with E-state index >= 15 is 0 Å². The number of anilines is 4. The predicted octanol–water partition coefficient (Wildman–Crippen LogP) is 7.62. The van der Waals surface area contributed by atoms with Crippen molar-refractivity contribution in [3.8, 4) is 0 Å². The van der Waals surface area contributed by atoms with Gasteiger partial charge in [0.15, 0.2) is 5.82 Å². The zero-order valence-corrected chi connectivity index (χ0v) is 24.7. The number of fused-ring (bicyclic) bond motifs is 3. The highest BCUT2D eigenvalue weighted by molar-refractivity contribution is 7.46. The molecule has 3 aliphatic rings. The lowest BCUT2D eigenvalue weighted by Crippen LogP contribution is -2.46. The number of aryl methyl sites for hydroxylation is 2. The Hall–Kier alpha value is -2.34. The Labute approximate surface area is 242 Å². The topological polar surface area (TPSA) is 53.1 Å². The van der Waals surface area contributed by atoms with Crippen molar-refractivity contribution in [1.82, 2.24) is 14.9 Å². The van der Waals surface area contributed by atoms with E-state index in [1.165, 1.54) is 56.1 Å². The first kappa shape index (κ1) is 27.8. The van der Waals surface area contributed by atoms with Gasteiger partial charge in [0, 0.05) is 35.9 Å².